The fourth-order valence-electron chi connectivity index (χ4n) is 4.31. The van der Waals surface area contributed by atoms with Gasteiger partial charge in [-0.25, -0.2) is 0 Å². The molecule has 3 saturated heterocycles. The van der Waals surface area contributed by atoms with Crippen LogP contribution in [0, 0.1) is 5.92 Å². The molecule has 0 amide bonds. The fraction of sp³-hybridized carbons (Fsp3) is 0.947. The maximum absolute atomic E-state index is 5.50. The molecule has 0 radical (unpaired) electrons. The maximum Gasteiger partial charge on any atom is 0.193 e. The van der Waals surface area contributed by atoms with E-state index in [1.165, 1.54) is 38.9 Å². The molecule has 0 aromatic rings. The van der Waals surface area contributed by atoms with Gasteiger partial charge in [-0.2, -0.15) is 0 Å². The number of aliphatic imine (C=N–C) groups is 1. The number of morpholine rings is 1. The molecule has 2 unspecified atom stereocenters. The van der Waals surface area contributed by atoms with E-state index in [0.29, 0.717) is 12.0 Å². The van der Waals surface area contributed by atoms with Gasteiger partial charge in [0.25, 0.3) is 0 Å². The van der Waals surface area contributed by atoms with Gasteiger partial charge >= 0.3 is 0 Å². The quantitative estimate of drug-likeness (QED) is 0.357. The average molecular weight is 479 g/mol. The van der Waals surface area contributed by atoms with Gasteiger partial charge in [-0.1, -0.05) is 6.92 Å². The number of nitrogens with zero attached hydrogens (tertiary/aromatic N) is 4. The monoisotopic (exact) mass is 479 g/mol. The first-order valence-corrected chi connectivity index (χ1v) is 10.3. The average Bonchev–Trinajstić information content (AvgIpc) is 3.31. The zero-order valence-electron chi connectivity index (χ0n) is 16.7. The molecule has 3 heterocycles. The van der Waals surface area contributed by atoms with Crippen LogP contribution in [0.3, 0.4) is 0 Å². The van der Waals surface area contributed by atoms with E-state index in [1.54, 1.807) is 0 Å². The topological polar surface area (TPSA) is 43.3 Å². The Morgan fingerprint density at radius 2 is 1.88 bits per heavy atom. The molecule has 3 rings (SSSR count). The Hall–Kier alpha value is -0.120. The lowest BCUT2D eigenvalue weighted by molar-refractivity contribution is 0.0195. The second kappa shape index (κ2) is 11.7. The molecule has 0 spiro atoms. The molecule has 3 fully saturated rings. The lowest BCUT2D eigenvalue weighted by Crippen LogP contribution is -2.46. The molecule has 3 aliphatic rings. The summed E-state index contributed by atoms with van der Waals surface area (Å²) in [6.07, 6.45) is 3.98. The minimum Gasteiger partial charge on any atom is -0.379 e. The third-order valence-corrected chi connectivity index (χ3v) is 5.68. The van der Waals surface area contributed by atoms with Crippen LogP contribution in [-0.4, -0.2) is 98.8 Å². The Balaban J connectivity index is 0.00000243. The molecule has 152 valence electrons. The molecule has 0 bridgehead atoms. The summed E-state index contributed by atoms with van der Waals surface area (Å²) in [4.78, 5) is 12.6. The van der Waals surface area contributed by atoms with Crippen LogP contribution in [-0.2, 0) is 4.74 Å². The number of rotatable bonds is 6. The molecule has 0 aromatic heterocycles. The number of nitrogens with one attached hydrogen (secondary N) is 1. The number of guanidine groups is 1. The van der Waals surface area contributed by atoms with Crippen LogP contribution in [0.1, 0.15) is 33.1 Å². The molecule has 7 heteroatoms. The molecule has 0 saturated carbocycles. The fourth-order valence-corrected chi connectivity index (χ4v) is 4.31. The smallest absolute Gasteiger partial charge is 0.193 e. The van der Waals surface area contributed by atoms with E-state index in [9.17, 15) is 0 Å². The van der Waals surface area contributed by atoms with Crippen LogP contribution in [0.2, 0.25) is 0 Å². The van der Waals surface area contributed by atoms with Crippen molar-refractivity contribution < 1.29 is 4.74 Å². The molecule has 3 aliphatic heterocycles. The van der Waals surface area contributed by atoms with E-state index < -0.39 is 0 Å². The second-order valence-corrected chi connectivity index (χ2v) is 7.84. The van der Waals surface area contributed by atoms with Gasteiger partial charge in [0.05, 0.1) is 13.2 Å². The van der Waals surface area contributed by atoms with E-state index in [0.717, 1.165) is 58.4 Å². The van der Waals surface area contributed by atoms with Gasteiger partial charge in [0, 0.05) is 51.9 Å². The van der Waals surface area contributed by atoms with Crippen molar-refractivity contribution in [3.05, 3.63) is 0 Å². The van der Waals surface area contributed by atoms with Crippen LogP contribution < -0.4 is 5.32 Å². The highest BCUT2D eigenvalue weighted by molar-refractivity contribution is 14.0. The molecule has 2 atom stereocenters. The van der Waals surface area contributed by atoms with Crippen LogP contribution in [0.25, 0.3) is 0 Å². The molecule has 26 heavy (non-hydrogen) atoms. The summed E-state index contributed by atoms with van der Waals surface area (Å²) in [5.74, 6) is 1.75. The van der Waals surface area contributed by atoms with Gasteiger partial charge in [-0.3, -0.25) is 9.89 Å². The summed E-state index contributed by atoms with van der Waals surface area (Å²) >= 11 is 0. The van der Waals surface area contributed by atoms with Crippen molar-refractivity contribution >= 4 is 29.9 Å². The van der Waals surface area contributed by atoms with Crippen molar-refractivity contribution in [2.24, 2.45) is 10.9 Å². The van der Waals surface area contributed by atoms with Crippen molar-refractivity contribution in [3.8, 4) is 0 Å². The zero-order chi connectivity index (χ0) is 17.5. The van der Waals surface area contributed by atoms with Gasteiger partial charge in [-0.15, -0.1) is 24.0 Å². The highest BCUT2D eigenvalue weighted by atomic mass is 127. The van der Waals surface area contributed by atoms with Crippen LogP contribution in [0.15, 0.2) is 4.99 Å². The summed E-state index contributed by atoms with van der Waals surface area (Å²) in [5, 5.41) is 3.52. The number of ether oxygens (including phenoxy) is 1. The van der Waals surface area contributed by atoms with E-state index in [2.05, 4.69) is 33.9 Å². The Morgan fingerprint density at radius 1 is 1.15 bits per heavy atom. The molecule has 1 N–H and O–H groups in total. The van der Waals surface area contributed by atoms with Crippen LogP contribution in [0.4, 0.5) is 0 Å². The van der Waals surface area contributed by atoms with E-state index >= 15 is 0 Å². The van der Waals surface area contributed by atoms with Crippen LogP contribution in [0.5, 0.6) is 0 Å². The van der Waals surface area contributed by atoms with Crippen molar-refractivity contribution in [1.82, 2.24) is 20.0 Å². The van der Waals surface area contributed by atoms with E-state index in [4.69, 9.17) is 9.73 Å². The number of hydrogen-bond donors (Lipinski definition) is 1. The van der Waals surface area contributed by atoms with Gasteiger partial charge in [-0.05, 0) is 45.2 Å². The first-order valence-electron chi connectivity index (χ1n) is 10.3. The SMILES string of the molecule is CCNC(=NCC(C)CN1CCCC1)N1CCC(N2CCOCC2)C1.I. The van der Waals surface area contributed by atoms with Crippen molar-refractivity contribution in [2.45, 2.75) is 39.2 Å². The van der Waals surface area contributed by atoms with Gasteiger partial charge in [0.15, 0.2) is 5.96 Å². The molecule has 0 aromatic carbocycles. The third kappa shape index (κ3) is 6.49. The molecular weight excluding hydrogens is 441 g/mol. The maximum atomic E-state index is 5.50. The zero-order valence-corrected chi connectivity index (χ0v) is 19.0. The Labute approximate surface area is 176 Å². The molecule has 6 nitrogen and oxygen atoms in total. The summed E-state index contributed by atoms with van der Waals surface area (Å²) in [6, 6.07) is 0.662. The summed E-state index contributed by atoms with van der Waals surface area (Å²) in [7, 11) is 0. The van der Waals surface area contributed by atoms with Gasteiger partial charge in [0.2, 0.25) is 0 Å². The Kier molecular flexibility index (Phi) is 9.94. The van der Waals surface area contributed by atoms with E-state index in [1.807, 2.05) is 0 Å². The predicted octanol–water partition coefficient (Wildman–Crippen LogP) is 1.71. The lowest BCUT2D eigenvalue weighted by Gasteiger charge is -2.32. The number of hydrogen-bond acceptors (Lipinski definition) is 4. The van der Waals surface area contributed by atoms with Crippen LogP contribution >= 0.6 is 24.0 Å². The van der Waals surface area contributed by atoms with Crippen molar-refractivity contribution in [3.63, 3.8) is 0 Å². The lowest BCUT2D eigenvalue weighted by atomic mass is 10.2. The number of likely N-dealkylation sites (tertiary alicyclic amines) is 2. The minimum atomic E-state index is 0. The van der Waals surface area contributed by atoms with Crippen molar-refractivity contribution in [2.75, 3.05) is 72.1 Å². The molecule has 0 aliphatic carbocycles. The summed E-state index contributed by atoms with van der Waals surface area (Å²) in [6.45, 7) is 16.3. The first kappa shape index (κ1) is 22.2. The highest BCUT2D eigenvalue weighted by Gasteiger charge is 2.30. The van der Waals surface area contributed by atoms with Crippen molar-refractivity contribution in [1.29, 1.82) is 0 Å². The third-order valence-electron chi connectivity index (χ3n) is 5.68. The summed E-state index contributed by atoms with van der Waals surface area (Å²) in [5.41, 5.74) is 0. The minimum absolute atomic E-state index is 0. The largest absolute Gasteiger partial charge is 0.379 e. The molecular formula is C19H38IN5O. The predicted molar refractivity (Wildman–Crippen MR) is 119 cm³/mol. The van der Waals surface area contributed by atoms with Gasteiger partial charge < -0.3 is 19.9 Å². The highest BCUT2D eigenvalue weighted by Crippen LogP contribution is 2.17. The standard InChI is InChI=1S/C19H37N5O.HI/c1-3-20-19(21-14-17(2)15-22-7-4-5-8-22)24-9-6-18(16-24)23-10-12-25-13-11-23;/h17-18H,3-16H2,1-2H3,(H,20,21);1H. The number of halogens is 1. The normalized spacial score (nSPS) is 26.8. The Morgan fingerprint density at radius 3 is 2.58 bits per heavy atom. The summed E-state index contributed by atoms with van der Waals surface area (Å²) < 4.78 is 5.50. The Bertz CT molecular complexity index is 424. The van der Waals surface area contributed by atoms with Gasteiger partial charge in [0.1, 0.15) is 0 Å². The second-order valence-electron chi connectivity index (χ2n) is 7.84. The first-order chi connectivity index (χ1) is 12.3. The van der Waals surface area contributed by atoms with E-state index in [-0.39, 0.29) is 24.0 Å².